The number of benzene rings is 1. The Kier molecular flexibility index (Phi) is 6.51. The minimum atomic E-state index is -0.109. The Morgan fingerprint density at radius 2 is 2.06 bits per heavy atom. The number of halogens is 1. The average molecular weight is 445 g/mol. The molecule has 0 bridgehead atoms. The van der Waals surface area contributed by atoms with Crippen LogP contribution in [-0.2, 0) is 18.4 Å². The monoisotopic (exact) mass is 444 g/mol. The third-order valence-electron chi connectivity index (χ3n) is 6.16. The van der Waals surface area contributed by atoms with Crippen molar-refractivity contribution in [1.29, 1.82) is 0 Å². The van der Waals surface area contributed by atoms with Crippen molar-refractivity contribution < 1.29 is 14.3 Å². The van der Waals surface area contributed by atoms with Crippen LogP contribution in [0.5, 0.6) is 5.75 Å². The Hall–Kier alpha value is -2.54. The Morgan fingerprint density at radius 3 is 2.81 bits per heavy atom. The van der Waals surface area contributed by atoms with Crippen LogP contribution in [0.15, 0.2) is 18.2 Å². The van der Waals surface area contributed by atoms with Gasteiger partial charge in [-0.2, -0.15) is 5.10 Å². The molecule has 166 valence electrons. The van der Waals surface area contributed by atoms with E-state index in [0.29, 0.717) is 42.9 Å². The molecule has 1 aromatic heterocycles. The number of carbonyl (C=O) groups is 2. The van der Waals surface area contributed by atoms with E-state index in [9.17, 15) is 9.59 Å². The Bertz CT molecular complexity index is 981. The Labute approximate surface area is 187 Å². The second kappa shape index (κ2) is 9.30. The van der Waals surface area contributed by atoms with E-state index >= 15 is 0 Å². The van der Waals surface area contributed by atoms with Crippen LogP contribution in [0, 0.1) is 5.92 Å². The molecule has 1 aliphatic carbocycles. The van der Waals surface area contributed by atoms with Gasteiger partial charge in [-0.1, -0.05) is 30.9 Å². The van der Waals surface area contributed by atoms with Crippen molar-refractivity contribution >= 4 is 23.4 Å². The molecule has 1 fully saturated rings. The highest BCUT2D eigenvalue weighted by molar-refractivity contribution is 6.31. The first kappa shape index (κ1) is 21.7. The molecule has 31 heavy (non-hydrogen) atoms. The van der Waals surface area contributed by atoms with Crippen LogP contribution in [0.2, 0.25) is 5.02 Å². The summed E-state index contributed by atoms with van der Waals surface area (Å²) < 4.78 is 7.65. The SMILES string of the molecule is CC(=O)NCCN(CC1CCCCC1)C(=O)c1nn(C)c2c1COc1ccc(Cl)cc1-2. The molecule has 0 radical (unpaired) electrons. The van der Waals surface area contributed by atoms with Crippen LogP contribution in [0.3, 0.4) is 0 Å². The Morgan fingerprint density at radius 1 is 1.29 bits per heavy atom. The molecule has 0 saturated heterocycles. The number of carbonyl (C=O) groups excluding carboxylic acids is 2. The summed E-state index contributed by atoms with van der Waals surface area (Å²) in [5, 5.41) is 8.01. The minimum Gasteiger partial charge on any atom is -0.488 e. The number of fused-ring (bicyclic) bond motifs is 3. The van der Waals surface area contributed by atoms with Crippen LogP contribution < -0.4 is 10.1 Å². The van der Waals surface area contributed by atoms with Gasteiger partial charge in [0.15, 0.2) is 5.69 Å². The highest BCUT2D eigenvalue weighted by Gasteiger charge is 2.31. The standard InChI is InChI=1S/C23H29ClN4O3/c1-15(29)25-10-11-28(13-16-6-4-3-5-7-16)23(30)21-19-14-31-20-9-8-17(24)12-18(20)22(19)27(2)26-21/h8-9,12,16H,3-7,10-11,13-14H2,1-2H3,(H,25,29). The first-order valence-corrected chi connectivity index (χ1v) is 11.3. The van der Waals surface area contributed by atoms with Gasteiger partial charge >= 0.3 is 0 Å². The first-order chi connectivity index (χ1) is 14.9. The number of aryl methyl sites for hydroxylation is 1. The lowest BCUT2D eigenvalue weighted by molar-refractivity contribution is -0.119. The lowest BCUT2D eigenvalue weighted by atomic mass is 9.89. The van der Waals surface area contributed by atoms with Crippen molar-refractivity contribution in [1.82, 2.24) is 20.0 Å². The molecular weight excluding hydrogens is 416 g/mol. The normalized spacial score (nSPS) is 15.6. The topological polar surface area (TPSA) is 76.5 Å². The van der Waals surface area contributed by atoms with Crippen molar-refractivity contribution in [3.05, 3.63) is 34.5 Å². The largest absolute Gasteiger partial charge is 0.488 e. The fraction of sp³-hybridized carbons (Fsp3) is 0.522. The summed E-state index contributed by atoms with van der Waals surface area (Å²) in [7, 11) is 1.84. The van der Waals surface area contributed by atoms with Crippen LogP contribution in [0.1, 0.15) is 55.1 Å². The smallest absolute Gasteiger partial charge is 0.274 e. The van der Waals surface area contributed by atoms with Crippen LogP contribution in [-0.4, -0.2) is 46.1 Å². The highest BCUT2D eigenvalue weighted by Crippen LogP contribution is 2.40. The van der Waals surface area contributed by atoms with Crippen LogP contribution in [0.4, 0.5) is 0 Å². The minimum absolute atomic E-state index is 0.0952. The quantitative estimate of drug-likeness (QED) is 0.735. The van der Waals surface area contributed by atoms with Crippen LogP contribution >= 0.6 is 11.6 Å². The van der Waals surface area contributed by atoms with Crippen LogP contribution in [0.25, 0.3) is 11.3 Å². The fourth-order valence-corrected chi connectivity index (χ4v) is 4.82. The van der Waals surface area contributed by atoms with Gasteiger partial charge in [-0.3, -0.25) is 14.3 Å². The molecule has 2 amide bonds. The molecule has 2 aliphatic rings. The van der Waals surface area contributed by atoms with Crippen molar-refractivity contribution in [2.75, 3.05) is 19.6 Å². The lowest BCUT2D eigenvalue weighted by Gasteiger charge is -2.30. The second-order valence-corrected chi connectivity index (χ2v) is 8.90. The zero-order chi connectivity index (χ0) is 22.0. The number of nitrogens with one attached hydrogen (secondary N) is 1. The third kappa shape index (κ3) is 4.71. The van der Waals surface area contributed by atoms with Crippen molar-refractivity contribution in [2.45, 2.75) is 45.6 Å². The maximum Gasteiger partial charge on any atom is 0.274 e. The van der Waals surface area contributed by atoms with E-state index in [2.05, 4.69) is 10.4 Å². The summed E-state index contributed by atoms with van der Waals surface area (Å²) >= 11 is 6.21. The van der Waals surface area contributed by atoms with E-state index in [-0.39, 0.29) is 11.8 Å². The lowest BCUT2D eigenvalue weighted by Crippen LogP contribution is -2.41. The fourth-order valence-electron chi connectivity index (χ4n) is 4.65. The van der Waals surface area contributed by atoms with Gasteiger partial charge in [-0.05, 0) is 37.0 Å². The van der Waals surface area contributed by atoms with E-state index in [0.717, 1.165) is 35.4 Å². The number of ether oxygens (including phenoxy) is 1. The highest BCUT2D eigenvalue weighted by atomic mass is 35.5. The third-order valence-corrected chi connectivity index (χ3v) is 6.40. The van der Waals surface area contributed by atoms with Gasteiger partial charge in [0.25, 0.3) is 5.91 Å². The molecule has 0 atom stereocenters. The number of nitrogens with zero attached hydrogens (tertiary/aromatic N) is 3. The molecule has 4 rings (SSSR count). The number of amides is 2. The molecule has 0 spiro atoms. The summed E-state index contributed by atoms with van der Waals surface area (Å²) in [5.41, 5.74) is 2.92. The molecule has 0 unspecified atom stereocenters. The van der Waals surface area contributed by atoms with Gasteiger partial charge in [0.1, 0.15) is 12.4 Å². The molecule has 8 heteroatoms. The summed E-state index contributed by atoms with van der Waals surface area (Å²) in [6.07, 6.45) is 5.97. The molecule has 1 aromatic carbocycles. The van der Waals surface area contributed by atoms with Gasteiger partial charge in [-0.15, -0.1) is 0 Å². The molecule has 1 aliphatic heterocycles. The van der Waals surface area contributed by atoms with Gasteiger partial charge in [0.2, 0.25) is 5.91 Å². The molecule has 7 nitrogen and oxygen atoms in total. The zero-order valence-corrected chi connectivity index (χ0v) is 18.9. The van der Waals surface area contributed by atoms with Gasteiger partial charge in [0.05, 0.1) is 5.69 Å². The van der Waals surface area contributed by atoms with E-state index in [1.54, 1.807) is 10.7 Å². The second-order valence-electron chi connectivity index (χ2n) is 8.47. The summed E-state index contributed by atoms with van der Waals surface area (Å²) in [6, 6.07) is 5.49. The number of aromatic nitrogens is 2. The average Bonchev–Trinajstić information content (AvgIpc) is 3.10. The predicted octanol–water partition coefficient (Wildman–Crippen LogP) is 3.79. The van der Waals surface area contributed by atoms with Crippen molar-refractivity contribution in [3.63, 3.8) is 0 Å². The summed E-state index contributed by atoms with van der Waals surface area (Å²) in [6.45, 7) is 3.36. The van der Waals surface area contributed by atoms with E-state index in [1.165, 1.54) is 26.2 Å². The zero-order valence-electron chi connectivity index (χ0n) is 18.1. The van der Waals surface area contributed by atoms with E-state index in [4.69, 9.17) is 16.3 Å². The van der Waals surface area contributed by atoms with E-state index in [1.807, 2.05) is 24.1 Å². The molecular formula is C23H29ClN4O3. The molecule has 1 N–H and O–H groups in total. The summed E-state index contributed by atoms with van der Waals surface area (Å²) in [4.78, 5) is 26.8. The summed E-state index contributed by atoms with van der Waals surface area (Å²) in [5.74, 6) is 1.03. The number of hydrogen-bond donors (Lipinski definition) is 1. The van der Waals surface area contributed by atoms with Gasteiger partial charge in [0, 0.05) is 49.8 Å². The van der Waals surface area contributed by atoms with E-state index < -0.39 is 0 Å². The molecule has 1 saturated carbocycles. The van der Waals surface area contributed by atoms with Gasteiger partial charge < -0.3 is 15.0 Å². The Balaban J connectivity index is 1.62. The molecule has 2 heterocycles. The van der Waals surface area contributed by atoms with Crippen molar-refractivity contribution in [3.8, 4) is 17.0 Å². The molecule has 2 aromatic rings. The van der Waals surface area contributed by atoms with Gasteiger partial charge in [-0.25, -0.2) is 0 Å². The van der Waals surface area contributed by atoms with Crippen molar-refractivity contribution in [2.24, 2.45) is 13.0 Å². The maximum atomic E-state index is 13.6. The first-order valence-electron chi connectivity index (χ1n) is 11.0. The maximum absolute atomic E-state index is 13.6. The predicted molar refractivity (Wildman–Crippen MR) is 119 cm³/mol. The number of rotatable bonds is 6. The number of hydrogen-bond acceptors (Lipinski definition) is 4.